The van der Waals surface area contributed by atoms with Crippen molar-refractivity contribution >= 4 is 21.6 Å². The van der Waals surface area contributed by atoms with E-state index < -0.39 is 9.84 Å². The van der Waals surface area contributed by atoms with Crippen LogP contribution in [0.3, 0.4) is 0 Å². The monoisotopic (exact) mass is 400 g/mol. The molecule has 150 valence electrons. The number of hydrogen-bond donors (Lipinski definition) is 2. The summed E-state index contributed by atoms with van der Waals surface area (Å²) in [5.74, 6) is 0.727. The van der Waals surface area contributed by atoms with Gasteiger partial charge in [-0.15, -0.1) is 0 Å². The van der Waals surface area contributed by atoms with Crippen LogP contribution in [0, 0.1) is 0 Å². The summed E-state index contributed by atoms with van der Waals surface area (Å²) < 4.78 is 24.5. The number of nitrogens with one attached hydrogen (secondary N) is 2. The Labute approximate surface area is 167 Å². The minimum Gasteiger partial charge on any atom is -0.331 e. The van der Waals surface area contributed by atoms with Gasteiger partial charge in [0.2, 0.25) is 0 Å². The summed E-state index contributed by atoms with van der Waals surface area (Å²) in [5.41, 5.74) is 3.77. The molecule has 0 radical (unpaired) electrons. The van der Waals surface area contributed by atoms with E-state index in [-0.39, 0.29) is 23.7 Å². The summed E-state index contributed by atoms with van der Waals surface area (Å²) in [6, 6.07) is 12.4. The topological polar surface area (TPSA) is 75.3 Å². The first-order valence-electron chi connectivity index (χ1n) is 9.72. The molecule has 0 aliphatic carbocycles. The maximum Gasteiger partial charge on any atom is 0.319 e. The molecule has 0 saturated heterocycles. The number of anilines is 1. The van der Waals surface area contributed by atoms with Gasteiger partial charge in [0.25, 0.3) is 0 Å². The van der Waals surface area contributed by atoms with E-state index >= 15 is 0 Å². The largest absolute Gasteiger partial charge is 0.331 e. The van der Waals surface area contributed by atoms with Crippen LogP contribution in [-0.4, -0.2) is 20.2 Å². The molecule has 1 atom stereocenters. The van der Waals surface area contributed by atoms with Crippen LogP contribution in [0.25, 0.3) is 0 Å². The second kappa shape index (κ2) is 7.95. The highest BCUT2D eigenvalue weighted by atomic mass is 32.2. The van der Waals surface area contributed by atoms with Crippen molar-refractivity contribution in [2.75, 3.05) is 11.1 Å². The second-order valence-corrected chi connectivity index (χ2v) is 10.0. The number of urea groups is 1. The molecule has 0 fully saturated rings. The van der Waals surface area contributed by atoms with E-state index in [1.807, 2.05) is 12.1 Å². The molecule has 1 aliphatic rings. The maximum absolute atomic E-state index is 12.7. The van der Waals surface area contributed by atoms with Gasteiger partial charge in [0.1, 0.15) is 0 Å². The molecule has 0 spiro atoms. The zero-order valence-electron chi connectivity index (χ0n) is 16.8. The third kappa shape index (κ3) is 4.22. The normalized spacial score (nSPS) is 18.0. The SMILES string of the molecule is CC(C)c1ccc(NC(=O)NC2CCS(=O)(=O)c3ccccc32)c(C(C)C)c1. The maximum atomic E-state index is 12.7. The Morgan fingerprint density at radius 2 is 1.75 bits per heavy atom. The van der Waals surface area contributed by atoms with Crippen LogP contribution in [-0.2, 0) is 9.84 Å². The van der Waals surface area contributed by atoms with Gasteiger partial charge in [-0.3, -0.25) is 0 Å². The Kier molecular flexibility index (Phi) is 5.79. The number of carbonyl (C=O) groups is 1. The second-order valence-electron chi connectivity index (χ2n) is 7.95. The average molecular weight is 401 g/mol. The molecule has 28 heavy (non-hydrogen) atoms. The van der Waals surface area contributed by atoms with Crippen LogP contribution >= 0.6 is 0 Å². The van der Waals surface area contributed by atoms with Gasteiger partial charge in [0.05, 0.1) is 16.7 Å². The number of fused-ring (bicyclic) bond motifs is 1. The molecule has 0 saturated carbocycles. The van der Waals surface area contributed by atoms with Gasteiger partial charge < -0.3 is 10.6 Å². The fourth-order valence-corrected chi connectivity index (χ4v) is 5.21. The van der Waals surface area contributed by atoms with Crippen LogP contribution < -0.4 is 10.6 Å². The summed E-state index contributed by atoms with van der Waals surface area (Å²) in [4.78, 5) is 13.0. The predicted octanol–water partition coefficient (Wildman–Crippen LogP) is 4.97. The number of sulfone groups is 1. The van der Waals surface area contributed by atoms with E-state index in [9.17, 15) is 13.2 Å². The van der Waals surface area contributed by atoms with Gasteiger partial charge in [-0.2, -0.15) is 0 Å². The lowest BCUT2D eigenvalue weighted by atomic mass is 9.94. The summed E-state index contributed by atoms with van der Waals surface area (Å²) in [6.07, 6.45) is 0.371. The fourth-order valence-electron chi connectivity index (χ4n) is 3.59. The molecule has 0 bridgehead atoms. The molecule has 6 heteroatoms. The van der Waals surface area contributed by atoms with Crippen molar-refractivity contribution in [2.24, 2.45) is 0 Å². The molecule has 2 aromatic carbocycles. The summed E-state index contributed by atoms with van der Waals surface area (Å²) >= 11 is 0. The highest BCUT2D eigenvalue weighted by Gasteiger charge is 2.30. The van der Waals surface area contributed by atoms with Crippen molar-refractivity contribution in [1.29, 1.82) is 0 Å². The van der Waals surface area contributed by atoms with Gasteiger partial charge in [-0.1, -0.05) is 58.0 Å². The molecule has 1 aliphatic heterocycles. The average Bonchev–Trinajstić information content (AvgIpc) is 2.64. The smallest absolute Gasteiger partial charge is 0.319 e. The molecule has 3 rings (SSSR count). The fraction of sp³-hybridized carbons (Fsp3) is 0.409. The molecule has 0 aromatic heterocycles. The lowest BCUT2D eigenvalue weighted by Gasteiger charge is -2.26. The summed E-state index contributed by atoms with van der Waals surface area (Å²) in [5, 5.41) is 5.91. The number of hydrogen-bond acceptors (Lipinski definition) is 3. The molecule has 1 unspecified atom stereocenters. The lowest BCUT2D eigenvalue weighted by molar-refractivity contribution is 0.248. The minimum atomic E-state index is -3.27. The van der Waals surface area contributed by atoms with Crippen LogP contribution in [0.5, 0.6) is 0 Å². The van der Waals surface area contributed by atoms with Crippen molar-refractivity contribution in [1.82, 2.24) is 5.32 Å². The van der Waals surface area contributed by atoms with Gasteiger partial charge in [-0.05, 0) is 47.1 Å². The molecule has 1 heterocycles. The zero-order valence-corrected chi connectivity index (χ0v) is 17.6. The number of carbonyl (C=O) groups excluding carboxylic acids is 1. The minimum absolute atomic E-state index is 0.0370. The molecule has 5 nitrogen and oxygen atoms in total. The Hall–Kier alpha value is -2.34. The van der Waals surface area contributed by atoms with Gasteiger partial charge in [0.15, 0.2) is 9.84 Å². The van der Waals surface area contributed by atoms with Gasteiger partial charge in [0, 0.05) is 5.69 Å². The summed E-state index contributed by atoms with van der Waals surface area (Å²) in [6.45, 7) is 8.50. The molecular formula is C22H28N2O3S. The summed E-state index contributed by atoms with van der Waals surface area (Å²) in [7, 11) is -3.27. The van der Waals surface area contributed by atoms with Gasteiger partial charge >= 0.3 is 6.03 Å². The first-order chi connectivity index (χ1) is 13.2. The molecule has 2 aromatic rings. The Morgan fingerprint density at radius 3 is 2.43 bits per heavy atom. The van der Waals surface area contributed by atoms with E-state index in [1.165, 1.54) is 5.56 Å². The highest BCUT2D eigenvalue weighted by molar-refractivity contribution is 7.91. The van der Waals surface area contributed by atoms with Crippen LogP contribution in [0.15, 0.2) is 47.4 Å². The highest BCUT2D eigenvalue weighted by Crippen LogP contribution is 2.32. The molecular weight excluding hydrogens is 372 g/mol. The quantitative estimate of drug-likeness (QED) is 0.760. The third-order valence-corrected chi connectivity index (χ3v) is 7.04. The zero-order chi connectivity index (χ0) is 20.5. The van der Waals surface area contributed by atoms with Crippen LogP contribution in [0.4, 0.5) is 10.5 Å². The Balaban J connectivity index is 1.80. The Bertz CT molecular complexity index is 981. The van der Waals surface area contributed by atoms with Crippen molar-refractivity contribution in [3.05, 3.63) is 59.2 Å². The van der Waals surface area contributed by atoms with Crippen molar-refractivity contribution in [3.63, 3.8) is 0 Å². The number of amides is 2. The van der Waals surface area contributed by atoms with E-state index in [0.717, 1.165) is 11.3 Å². The van der Waals surface area contributed by atoms with E-state index in [4.69, 9.17) is 0 Å². The first-order valence-corrected chi connectivity index (χ1v) is 11.4. The van der Waals surface area contributed by atoms with Gasteiger partial charge in [-0.25, -0.2) is 13.2 Å². The molecule has 2 amide bonds. The third-order valence-electron chi connectivity index (χ3n) is 5.22. The van der Waals surface area contributed by atoms with Crippen LogP contribution in [0.1, 0.15) is 68.7 Å². The first kappa shape index (κ1) is 20.4. The Morgan fingerprint density at radius 1 is 1.04 bits per heavy atom. The standard InChI is InChI=1S/C22H28N2O3S/c1-14(2)16-9-10-19(18(13-16)15(3)4)23-22(25)24-20-11-12-28(26,27)21-8-6-5-7-17(20)21/h5-10,13-15,20H,11-12H2,1-4H3,(H2,23,24,25). The van der Waals surface area contributed by atoms with E-state index in [2.05, 4.69) is 44.4 Å². The van der Waals surface area contributed by atoms with E-state index in [1.54, 1.807) is 24.3 Å². The number of benzene rings is 2. The number of rotatable bonds is 4. The molecule has 2 N–H and O–H groups in total. The van der Waals surface area contributed by atoms with Crippen molar-refractivity contribution in [3.8, 4) is 0 Å². The lowest BCUT2D eigenvalue weighted by Crippen LogP contribution is -2.36. The van der Waals surface area contributed by atoms with Crippen LogP contribution in [0.2, 0.25) is 0 Å². The van der Waals surface area contributed by atoms with Crippen molar-refractivity contribution in [2.45, 2.75) is 56.9 Å². The van der Waals surface area contributed by atoms with E-state index in [0.29, 0.717) is 22.8 Å². The van der Waals surface area contributed by atoms with Crippen molar-refractivity contribution < 1.29 is 13.2 Å². The predicted molar refractivity (Wildman–Crippen MR) is 113 cm³/mol.